The van der Waals surface area contributed by atoms with Gasteiger partial charge in [-0.05, 0) is 19.4 Å². The molecule has 0 N–H and O–H groups in total. The number of aliphatic imine (C=N–C) groups is 1. The lowest BCUT2D eigenvalue weighted by molar-refractivity contribution is 0.118. The maximum absolute atomic E-state index is 12.6. The number of ether oxygens (including phenoxy) is 1. The van der Waals surface area contributed by atoms with Crippen molar-refractivity contribution in [3.05, 3.63) is 35.9 Å². The van der Waals surface area contributed by atoms with Crippen molar-refractivity contribution in [3.63, 3.8) is 0 Å². The molecule has 132 valence electrons. The molecule has 1 amide bonds. The number of nitrogens with zero attached hydrogens (tertiary/aromatic N) is 2. The molecule has 24 heavy (non-hydrogen) atoms. The Bertz CT molecular complexity index is 610. The molecule has 0 aliphatic carbocycles. The summed E-state index contributed by atoms with van der Waals surface area (Å²) in [4.78, 5) is 17.9. The Morgan fingerprint density at radius 3 is 2.50 bits per heavy atom. The number of hydrogen-bond donors (Lipinski definition) is 0. The number of amides is 1. The molecular weight excluding hydrogens is 331 g/mol. The lowest BCUT2D eigenvalue weighted by Crippen LogP contribution is -2.36. The fraction of sp³-hybridized carbons (Fsp3) is 0.500. The highest BCUT2D eigenvalue weighted by molar-refractivity contribution is 7.54. The Kier molecular flexibility index (Phi) is 6.97. The quantitative estimate of drug-likeness (QED) is 0.670. The molecule has 0 atom stereocenters. The highest BCUT2D eigenvalue weighted by Crippen LogP contribution is 2.48. The van der Waals surface area contributed by atoms with Crippen molar-refractivity contribution >= 4 is 19.5 Å². The zero-order valence-electron chi connectivity index (χ0n) is 14.0. The van der Waals surface area contributed by atoms with E-state index in [0.29, 0.717) is 18.9 Å². The number of amidine groups is 1. The molecule has 0 saturated carbocycles. The summed E-state index contributed by atoms with van der Waals surface area (Å²) in [5, 5.41) is 0. The van der Waals surface area contributed by atoms with Crippen LogP contribution < -0.4 is 0 Å². The average Bonchev–Trinajstić information content (AvgIpc) is 3.01. The number of benzene rings is 1. The maximum atomic E-state index is 12.6. The molecule has 0 unspecified atom stereocenters. The SMILES string of the molecule is CCOP(=O)(CC1=NCCN1C(=O)OCc1ccccc1)OCC. The number of rotatable bonds is 8. The van der Waals surface area contributed by atoms with Crippen LogP contribution in [-0.4, -0.2) is 49.3 Å². The van der Waals surface area contributed by atoms with Gasteiger partial charge in [0.05, 0.1) is 26.3 Å². The summed E-state index contributed by atoms with van der Waals surface area (Å²) in [5.74, 6) is 0.387. The van der Waals surface area contributed by atoms with Crippen LogP contribution in [-0.2, 0) is 25.0 Å². The van der Waals surface area contributed by atoms with E-state index in [4.69, 9.17) is 13.8 Å². The lowest BCUT2D eigenvalue weighted by Gasteiger charge is -2.22. The second kappa shape index (κ2) is 8.97. The zero-order chi connectivity index (χ0) is 17.4. The van der Waals surface area contributed by atoms with Gasteiger partial charge in [-0.2, -0.15) is 0 Å². The van der Waals surface area contributed by atoms with Crippen molar-refractivity contribution in [3.8, 4) is 0 Å². The normalized spacial score (nSPS) is 14.6. The van der Waals surface area contributed by atoms with Crippen LogP contribution in [0.2, 0.25) is 0 Å². The fourth-order valence-electron chi connectivity index (χ4n) is 2.32. The van der Waals surface area contributed by atoms with Crippen molar-refractivity contribution in [2.75, 3.05) is 32.5 Å². The Hall–Kier alpha value is -1.69. The largest absolute Gasteiger partial charge is 0.444 e. The smallest absolute Gasteiger partial charge is 0.415 e. The molecule has 0 spiro atoms. The predicted molar refractivity (Wildman–Crippen MR) is 91.4 cm³/mol. The second-order valence-corrected chi connectivity index (χ2v) is 7.15. The van der Waals surface area contributed by atoms with E-state index in [2.05, 4.69) is 4.99 Å². The summed E-state index contributed by atoms with van der Waals surface area (Å²) in [5.41, 5.74) is 0.901. The van der Waals surface area contributed by atoms with E-state index in [1.165, 1.54) is 4.90 Å². The van der Waals surface area contributed by atoms with Crippen LogP contribution in [0.4, 0.5) is 4.79 Å². The molecule has 1 heterocycles. The van der Waals surface area contributed by atoms with Crippen molar-refractivity contribution in [2.24, 2.45) is 4.99 Å². The first-order valence-electron chi connectivity index (χ1n) is 7.97. The minimum absolute atomic E-state index is 0.0326. The summed E-state index contributed by atoms with van der Waals surface area (Å²) in [7, 11) is -3.30. The van der Waals surface area contributed by atoms with Crippen molar-refractivity contribution < 1.29 is 23.1 Å². The predicted octanol–water partition coefficient (Wildman–Crippen LogP) is 3.30. The van der Waals surface area contributed by atoms with Crippen molar-refractivity contribution in [1.29, 1.82) is 0 Å². The molecule has 0 fully saturated rings. The fourth-order valence-corrected chi connectivity index (χ4v) is 3.98. The van der Waals surface area contributed by atoms with Crippen molar-refractivity contribution in [2.45, 2.75) is 20.5 Å². The van der Waals surface area contributed by atoms with Crippen LogP contribution in [0.25, 0.3) is 0 Å². The molecule has 1 aliphatic rings. The first kappa shape index (κ1) is 18.6. The summed E-state index contributed by atoms with van der Waals surface area (Å²) in [6.45, 7) is 5.06. The molecule has 0 bridgehead atoms. The van der Waals surface area contributed by atoms with E-state index < -0.39 is 13.7 Å². The number of carbonyl (C=O) groups excluding carboxylic acids is 1. The topological polar surface area (TPSA) is 77.4 Å². The second-order valence-electron chi connectivity index (χ2n) is 5.09. The Labute approximate surface area is 142 Å². The highest BCUT2D eigenvalue weighted by Gasteiger charge is 2.33. The van der Waals surface area contributed by atoms with Crippen LogP contribution in [0.1, 0.15) is 19.4 Å². The number of carbonyl (C=O) groups is 1. The van der Waals surface area contributed by atoms with Gasteiger partial charge < -0.3 is 13.8 Å². The van der Waals surface area contributed by atoms with Crippen LogP contribution in [0.5, 0.6) is 0 Å². The molecule has 7 nitrogen and oxygen atoms in total. The molecule has 2 rings (SSSR count). The summed E-state index contributed by atoms with van der Waals surface area (Å²) in [6.07, 6.45) is -0.538. The van der Waals surface area contributed by atoms with Crippen LogP contribution in [0.15, 0.2) is 35.3 Å². The van der Waals surface area contributed by atoms with Gasteiger partial charge in [-0.3, -0.25) is 14.5 Å². The third-order valence-electron chi connectivity index (χ3n) is 3.34. The van der Waals surface area contributed by atoms with E-state index in [9.17, 15) is 9.36 Å². The van der Waals surface area contributed by atoms with Gasteiger partial charge in [-0.25, -0.2) is 4.79 Å². The van der Waals surface area contributed by atoms with Gasteiger partial charge in [-0.1, -0.05) is 30.3 Å². The average molecular weight is 354 g/mol. The monoisotopic (exact) mass is 354 g/mol. The minimum Gasteiger partial charge on any atom is -0.444 e. The number of hydrogen-bond acceptors (Lipinski definition) is 6. The molecule has 8 heteroatoms. The van der Waals surface area contributed by atoms with Gasteiger partial charge in [0.1, 0.15) is 18.6 Å². The van der Waals surface area contributed by atoms with Crippen molar-refractivity contribution in [1.82, 2.24) is 4.90 Å². The summed E-state index contributed by atoms with van der Waals surface area (Å²) >= 11 is 0. The molecule has 1 aliphatic heterocycles. The van der Waals surface area contributed by atoms with Gasteiger partial charge in [0.15, 0.2) is 0 Å². The van der Waals surface area contributed by atoms with Gasteiger partial charge in [0.2, 0.25) is 0 Å². The molecular formula is C16H23N2O5P. The molecule has 0 radical (unpaired) electrons. The van der Waals surface area contributed by atoms with E-state index in [1.54, 1.807) is 13.8 Å². The first-order chi connectivity index (χ1) is 11.6. The molecule has 1 aromatic rings. The molecule has 1 aromatic carbocycles. The standard InChI is InChI=1S/C16H23N2O5P/c1-3-22-24(20,23-4-2)13-15-17-10-11-18(15)16(19)21-12-14-8-6-5-7-9-14/h5-9H,3-4,10-13H2,1-2H3. The summed E-state index contributed by atoms with van der Waals surface area (Å²) in [6, 6.07) is 9.42. The Morgan fingerprint density at radius 1 is 1.21 bits per heavy atom. The third kappa shape index (κ3) is 5.16. The molecule has 0 aromatic heterocycles. The Morgan fingerprint density at radius 2 is 1.88 bits per heavy atom. The van der Waals surface area contributed by atoms with E-state index >= 15 is 0 Å². The summed E-state index contributed by atoms with van der Waals surface area (Å²) < 4.78 is 28.4. The zero-order valence-corrected chi connectivity index (χ0v) is 14.9. The van der Waals surface area contributed by atoms with Crippen LogP contribution >= 0.6 is 7.60 Å². The van der Waals surface area contributed by atoms with E-state index in [-0.39, 0.29) is 26.0 Å². The maximum Gasteiger partial charge on any atom is 0.415 e. The molecule has 0 saturated heterocycles. The first-order valence-corrected chi connectivity index (χ1v) is 9.70. The minimum atomic E-state index is -3.30. The van der Waals surface area contributed by atoms with Gasteiger partial charge in [0.25, 0.3) is 0 Å². The highest BCUT2D eigenvalue weighted by atomic mass is 31.2. The van der Waals surface area contributed by atoms with Gasteiger partial charge in [0, 0.05) is 0 Å². The lowest BCUT2D eigenvalue weighted by atomic mass is 10.2. The van der Waals surface area contributed by atoms with Crippen LogP contribution in [0.3, 0.4) is 0 Å². The van der Waals surface area contributed by atoms with Gasteiger partial charge in [-0.15, -0.1) is 0 Å². The van der Waals surface area contributed by atoms with Gasteiger partial charge >= 0.3 is 13.7 Å². The Balaban J connectivity index is 1.96. The third-order valence-corrected chi connectivity index (χ3v) is 5.32. The van der Waals surface area contributed by atoms with E-state index in [0.717, 1.165) is 5.56 Å². The van der Waals surface area contributed by atoms with E-state index in [1.807, 2.05) is 30.3 Å². The van der Waals surface area contributed by atoms with Crippen LogP contribution in [0, 0.1) is 0 Å².